The average Bonchev–Trinajstić information content (AvgIpc) is 3.16. The van der Waals surface area contributed by atoms with Gasteiger partial charge in [-0.1, -0.05) is 52.0 Å². The highest BCUT2D eigenvalue weighted by atomic mass is 79.9. The smallest absolute Gasteiger partial charge is 0.262 e. The molecule has 4 rings (SSSR count). The number of ether oxygens (including phenoxy) is 1. The van der Waals surface area contributed by atoms with Gasteiger partial charge in [-0.3, -0.25) is 13.8 Å². The number of nitrogens with zero attached hydrogens (tertiary/aromatic N) is 4. The minimum Gasteiger partial charge on any atom is -0.382 e. The lowest BCUT2D eigenvalue weighted by Crippen LogP contribution is -2.24. The maximum atomic E-state index is 13.1. The zero-order valence-electron chi connectivity index (χ0n) is 16.0. The summed E-state index contributed by atoms with van der Waals surface area (Å²) in [6, 6.07) is 15.8. The number of hydrogen-bond acceptors (Lipinski definition) is 5. The van der Waals surface area contributed by atoms with E-state index in [9.17, 15) is 4.79 Å². The first kappa shape index (κ1) is 20.1. The van der Waals surface area contributed by atoms with Crippen LogP contribution in [0.15, 0.2) is 63.0 Å². The predicted octanol–water partition coefficient (Wildman–Crippen LogP) is 4.53. The molecule has 29 heavy (non-hydrogen) atoms. The monoisotopic (exact) mass is 472 g/mol. The molecule has 0 N–H and O–H groups in total. The van der Waals surface area contributed by atoms with Crippen LogP contribution < -0.4 is 5.56 Å². The number of aryl methyl sites for hydroxylation is 1. The van der Waals surface area contributed by atoms with Crippen LogP contribution in [-0.4, -0.2) is 32.4 Å². The number of benzene rings is 2. The molecule has 150 valence electrons. The van der Waals surface area contributed by atoms with Crippen molar-refractivity contribution in [2.24, 2.45) is 0 Å². The van der Waals surface area contributed by atoms with Gasteiger partial charge < -0.3 is 4.74 Å². The predicted molar refractivity (Wildman–Crippen MR) is 120 cm³/mol. The summed E-state index contributed by atoms with van der Waals surface area (Å²) in [5.74, 6) is 1.33. The lowest BCUT2D eigenvalue weighted by atomic mass is 10.2. The molecule has 0 aliphatic heterocycles. The van der Waals surface area contributed by atoms with Crippen LogP contribution in [0.2, 0.25) is 0 Å². The number of fused-ring (bicyclic) bond motifs is 3. The van der Waals surface area contributed by atoms with E-state index in [1.807, 2.05) is 47.7 Å². The Labute approximate surface area is 181 Å². The van der Waals surface area contributed by atoms with Gasteiger partial charge in [-0.15, -0.1) is 10.2 Å². The van der Waals surface area contributed by atoms with Crippen LogP contribution in [0.25, 0.3) is 16.7 Å². The van der Waals surface area contributed by atoms with E-state index in [-0.39, 0.29) is 5.56 Å². The summed E-state index contributed by atoms with van der Waals surface area (Å²) in [4.78, 5) is 13.1. The molecule has 0 aliphatic carbocycles. The van der Waals surface area contributed by atoms with Gasteiger partial charge in [-0.2, -0.15) is 0 Å². The molecule has 0 amide bonds. The van der Waals surface area contributed by atoms with E-state index in [4.69, 9.17) is 4.74 Å². The third kappa shape index (κ3) is 4.24. The quantitative estimate of drug-likeness (QED) is 0.278. The average molecular weight is 473 g/mol. The molecule has 0 spiro atoms. The summed E-state index contributed by atoms with van der Waals surface area (Å²) in [6.07, 6.45) is 0.745. The third-order valence-corrected chi connectivity index (χ3v) is 6.10. The summed E-state index contributed by atoms with van der Waals surface area (Å²) in [5.41, 5.74) is 1.98. The SMILES string of the molecule is CCOCCCn1c(=O)c2ccccc2n2c(SCc3cccc(Br)c3)nnc12. The van der Waals surface area contributed by atoms with E-state index in [0.29, 0.717) is 30.9 Å². The molecule has 2 heterocycles. The first-order chi connectivity index (χ1) is 14.2. The van der Waals surface area contributed by atoms with Gasteiger partial charge >= 0.3 is 0 Å². The van der Waals surface area contributed by atoms with Crippen molar-refractivity contribution in [2.75, 3.05) is 13.2 Å². The molecule has 4 aromatic rings. The van der Waals surface area contributed by atoms with E-state index in [0.717, 1.165) is 27.3 Å². The van der Waals surface area contributed by atoms with Crippen molar-refractivity contribution in [3.63, 3.8) is 0 Å². The standard InChI is InChI=1S/C21H21BrN4O2S/c1-2-28-12-6-11-25-19(27)17-9-3-4-10-18(17)26-20(25)23-24-21(26)29-14-15-7-5-8-16(22)13-15/h3-5,7-10,13H,2,6,11-12,14H2,1H3. The Hall–Kier alpha value is -2.16. The van der Waals surface area contributed by atoms with Gasteiger partial charge in [0.25, 0.3) is 5.56 Å². The number of para-hydroxylation sites is 1. The Kier molecular flexibility index (Phi) is 6.32. The second-order valence-corrected chi connectivity index (χ2v) is 8.42. The molecule has 6 nitrogen and oxygen atoms in total. The van der Waals surface area contributed by atoms with Crippen molar-refractivity contribution >= 4 is 44.4 Å². The van der Waals surface area contributed by atoms with Gasteiger partial charge in [-0.25, -0.2) is 0 Å². The highest BCUT2D eigenvalue weighted by Crippen LogP contribution is 2.25. The fourth-order valence-corrected chi connectivity index (χ4v) is 4.60. The van der Waals surface area contributed by atoms with Crippen molar-refractivity contribution in [1.82, 2.24) is 19.2 Å². The van der Waals surface area contributed by atoms with Gasteiger partial charge in [0, 0.05) is 30.0 Å². The van der Waals surface area contributed by atoms with E-state index in [2.05, 4.69) is 38.3 Å². The molecule has 0 saturated heterocycles. The largest absolute Gasteiger partial charge is 0.382 e. The fourth-order valence-electron chi connectivity index (χ4n) is 3.27. The zero-order chi connectivity index (χ0) is 20.2. The lowest BCUT2D eigenvalue weighted by Gasteiger charge is -2.11. The van der Waals surface area contributed by atoms with Gasteiger partial charge in [0.15, 0.2) is 5.16 Å². The van der Waals surface area contributed by atoms with Crippen LogP contribution in [0.3, 0.4) is 0 Å². The molecule has 0 atom stereocenters. The number of thioether (sulfide) groups is 1. The van der Waals surface area contributed by atoms with E-state index in [1.54, 1.807) is 16.3 Å². The second kappa shape index (κ2) is 9.11. The maximum absolute atomic E-state index is 13.1. The minimum absolute atomic E-state index is 0.0412. The molecule has 8 heteroatoms. The lowest BCUT2D eigenvalue weighted by molar-refractivity contribution is 0.141. The summed E-state index contributed by atoms with van der Waals surface area (Å²) in [5, 5.41) is 10.2. The Bertz CT molecular complexity index is 1200. The van der Waals surface area contributed by atoms with Crippen LogP contribution in [0.1, 0.15) is 18.9 Å². The zero-order valence-corrected chi connectivity index (χ0v) is 18.4. The molecular formula is C21H21BrN4O2S. The summed E-state index contributed by atoms with van der Waals surface area (Å²) >= 11 is 5.12. The van der Waals surface area contributed by atoms with E-state index in [1.165, 1.54) is 5.56 Å². The topological polar surface area (TPSA) is 61.4 Å². The van der Waals surface area contributed by atoms with Crippen molar-refractivity contribution in [3.05, 3.63) is 68.9 Å². The van der Waals surface area contributed by atoms with Crippen molar-refractivity contribution in [3.8, 4) is 0 Å². The molecule has 0 aliphatic rings. The van der Waals surface area contributed by atoms with Gasteiger partial charge in [0.1, 0.15) is 0 Å². The summed E-state index contributed by atoms with van der Waals surface area (Å²) < 4.78 is 10.2. The first-order valence-corrected chi connectivity index (χ1v) is 11.3. The molecule has 0 bridgehead atoms. The minimum atomic E-state index is -0.0412. The molecule has 0 saturated carbocycles. The first-order valence-electron chi connectivity index (χ1n) is 9.50. The van der Waals surface area contributed by atoms with Gasteiger partial charge in [-0.05, 0) is 43.2 Å². The van der Waals surface area contributed by atoms with Gasteiger partial charge in [0.05, 0.1) is 10.9 Å². The molecule has 0 fully saturated rings. The summed E-state index contributed by atoms with van der Waals surface area (Å²) in [7, 11) is 0. The third-order valence-electron chi connectivity index (χ3n) is 4.61. The molecule has 2 aromatic heterocycles. The highest BCUT2D eigenvalue weighted by Gasteiger charge is 2.16. The molecular weight excluding hydrogens is 452 g/mol. The van der Waals surface area contributed by atoms with Crippen LogP contribution in [0, 0.1) is 0 Å². The molecule has 0 radical (unpaired) electrons. The second-order valence-electron chi connectivity index (χ2n) is 6.56. The van der Waals surface area contributed by atoms with Crippen LogP contribution in [0.4, 0.5) is 0 Å². The highest BCUT2D eigenvalue weighted by molar-refractivity contribution is 9.10. The van der Waals surface area contributed by atoms with Crippen LogP contribution >= 0.6 is 27.7 Å². The van der Waals surface area contributed by atoms with Crippen molar-refractivity contribution in [2.45, 2.75) is 30.8 Å². The number of halogens is 1. The Morgan fingerprint density at radius 2 is 2.00 bits per heavy atom. The van der Waals surface area contributed by atoms with E-state index >= 15 is 0 Å². The Balaban J connectivity index is 1.74. The maximum Gasteiger partial charge on any atom is 0.262 e. The van der Waals surface area contributed by atoms with Crippen LogP contribution in [0.5, 0.6) is 0 Å². The van der Waals surface area contributed by atoms with Crippen molar-refractivity contribution < 1.29 is 4.74 Å². The Morgan fingerprint density at radius 1 is 1.14 bits per heavy atom. The van der Waals surface area contributed by atoms with Crippen molar-refractivity contribution in [1.29, 1.82) is 0 Å². The number of aromatic nitrogens is 4. The molecule has 2 aromatic carbocycles. The fraction of sp³-hybridized carbons (Fsp3) is 0.286. The number of rotatable bonds is 8. The Morgan fingerprint density at radius 3 is 2.83 bits per heavy atom. The van der Waals surface area contributed by atoms with E-state index < -0.39 is 0 Å². The summed E-state index contributed by atoms with van der Waals surface area (Å²) in [6.45, 7) is 3.79. The molecule has 0 unspecified atom stereocenters. The van der Waals surface area contributed by atoms with Crippen LogP contribution in [-0.2, 0) is 17.0 Å². The normalized spacial score (nSPS) is 11.5. The van der Waals surface area contributed by atoms with Gasteiger partial charge in [0.2, 0.25) is 5.78 Å². The number of hydrogen-bond donors (Lipinski definition) is 0.